The fourth-order valence-corrected chi connectivity index (χ4v) is 6.38. The van der Waals surface area contributed by atoms with Gasteiger partial charge in [-0.2, -0.15) is 4.31 Å². The molecule has 1 aliphatic carbocycles. The number of aliphatic hydroxyl groups excluding tert-OH is 1. The summed E-state index contributed by atoms with van der Waals surface area (Å²) < 4.78 is 47.3. The standard InChI is InChI=1S/C22H22Cl2FN3O4S/c1-26-20-4-3-17(9-19(20)25)32-13-22(10-27-15-7-16(29)8-15)11-28(12-22)33(30,31)21-5-2-14(23)6-18(21)24/h2-6,9,15-16,27,29H,7-8,10-13H2. The van der Waals surface area contributed by atoms with Gasteiger partial charge in [-0.25, -0.2) is 17.7 Å². The Labute approximate surface area is 201 Å². The van der Waals surface area contributed by atoms with Crippen LogP contribution < -0.4 is 10.1 Å². The molecule has 0 unspecified atom stereocenters. The fourth-order valence-electron chi connectivity index (χ4n) is 3.97. The van der Waals surface area contributed by atoms with Gasteiger partial charge in [0, 0.05) is 42.2 Å². The highest BCUT2D eigenvalue weighted by Crippen LogP contribution is 2.38. The van der Waals surface area contributed by atoms with Crippen LogP contribution in [0.25, 0.3) is 4.85 Å². The molecule has 2 aromatic carbocycles. The average molecular weight is 514 g/mol. The highest BCUT2D eigenvalue weighted by molar-refractivity contribution is 7.89. The molecule has 0 radical (unpaired) electrons. The molecule has 1 saturated carbocycles. The van der Waals surface area contributed by atoms with Crippen molar-refractivity contribution in [3.05, 3.63) is 63.7 Å². The fraction of sp³-hybridized carbons (Fsp3) is 0.409. The molecule has 1 saturated heterocycles. The lowest BCUT2D eigenvalue weighted by Gasteiger charge is -2.50. The van der Waals surface area contributed by atoms with Crippen LogP contribution in [0.5, 0.6) is 5.75 Å². The van der Waals surface area contributed by atoms with Crippen LogP contribution in [0.4, 0.5) is 10.1 Å². The number of ether oxygens (including phenoxy) is 1. The lowest BCUT2D eigenvalue weighted by atomic mass is 9.81. The molecule has 2 aliphatic rings. The molecule has 33 heavy (non-hydrogen) atoms. The predicted molar refractivity (Wildman–Crippen MR) is 123 cm³/mol. The maximum atomic E-state index is 13.9. The van der Waals surface area contributed by atoms with Gasteiger partial charge < -0.3 is 15.2 Å². The number of hydrogen-bond acceptors (Lipinski definition) is 5. The molecule has 2 N–H and O–H groups in total. The predicted octanol–water partition coefficient (Wildman–Crippen LogP) is 3.87. The number of halogens is 3. The molecule has 2 aromatic rings. The van der Waals surface area contributed by atoms with E-state index in [1.54, 1.807) is 0 Å². The number of nitrogens with one attached hydrogen (secondary N) is 1. The third-order valence-electron chi connectivity index (χ3n) is 6.00. The highest BCUT2D eigenvalue weighted by Gasteiger charge is 2.50. The maximum Gasteiger partial charge on any atom is 0.244 e. The number of nitrogens with zero attached hydrogens (tertiary/aromatic N) is 2. The molecule has 0 amide bonds. The Morgan fingerprint density at radius 1 is 1.24 bits per heavy atom. The van der Waals surface area contributed by atoms with Gasteiger partial charge in [0.1, 0.15) is 16.5 Å². The maximum absolute atomic E-state index is 13.9. The van der Waals surface area contributed by atoms with Crippen molar-refractivity contribution in [1.29, 1.82) is 0 Å². The van der Waals surface area contributed by atoms with Gasteiger partial charge in [-0.1, -0.05) is 23.2 Å². The minimum atomic E-state index is -3.83. The van der Waals surface area contributed by atoms with Crippen molar-refractivity contribution in [3.63, 3.8) is 0 Å². The molecule has 1 heterocycles. The number of aliphatic hydroxyl groups is 1. The first-order valence-electron chi connectivity index (χ1n) is 10.3. The summed E-state index contributed by atoms with van der Waals surface area (Å²) in [4.78, 5) is 3.07. The quantitative estimate of drug-likeness (QED) is 0.523. The second-order valence-electron chi connectivity index (χ2n) is 8.56. The largest absolute Gasteiger partial charge is 0.493 e. The Hall–Kier alpha value is -1.93. The average Bonchev–Trinajstić information content (AvgIpc) is 2.70. The molecule has 11 heteroatoms. The Kier molecular flexibility index (Phi) is 6.87. The number of benzene rings is 2. The first kappa shape index (κ1) is 24.2. The van der Waals surface area contributed by atoms with Gasteiger partial charge in [-0.3, -0.25) is 0 Å². The molecule has 0 bridgehead atoms. The molecular weight excluding hydrogens is 492 g/mol. The van der Waals surface area contributed by atoms with E-state index < -0.39 is 21.3 Å². The third-order valence-corrected chi connectivity index (χ3v) is 8.51. The number of hydrogen-bond donors (Lipinski definition) is 2. The molecule has 2 fully saturated rings. The van der Waals surface area contributed by atoms with E-state index in [4.69, 9.17) is 34.5 Å². The van der Waals surface area contributed by atoms with Crippen LogP contribution in [0.1, 0.15) is 12.8 Å². The highest BCUT2D eigenvalue weighted by atomic mass is 35.5. The summed E-state index contributed by atoms with van der Waals surface area (Å²) in [6.07, 6.45) is 0.967. The summed E-state index contributed by atoms with van der Waals surface area (Å²) in [6.45, 7) is 7.92. The van der Waals surface area contributed by atoms with Crippen LogP contribution in [-0.2, 0) is 10.0 Å². The first-order valence-corrected chi connectivity index (χ1v) is 12.5. The molecule has 0 spiro atoms. The van der Waals surface area contributed by atoms with Crippen molar-refractivity contribution >= 4 is 38.9 Å². The van der Waals surface area contributed by atoms with Crippen LogP contribution in [-0.4, -0.2) is 56.2 Å². The SMILES string of the molecule is [C-]#[N+]c1ccc(OCC2(CNC3CC(O)C3)CN(S(=O)(=O)c3ccc(Cl)cc3Cl)C2)cc1F. The van der Waals surface area contributed by atoms with Crippen molar-refractivity contribution in [1.82, 2.24) is 9.62 Å². The van der Waals surface area contributed by atoms with Crippen LogP contribution in [0.2, 0.25) is 10.0 Å². The van der Waals surface area contributed by atoms with Crippen LogP contribution >= 0.6 is 23.2 Å². The van der Waals surface area contributed by atoms with E-state index in [1.807, 2.05) is 0 Å². The van der Waals surface area contributed by atoms with Gasteiger partial charge in [0.25, 0.3) is 0 Å². The summed E-state index contributed by atoms with van der Waals surface area (Å²) >= 11 is 12.0. The Balaban J connectivity index is 1.48. The Morgan fingerprint density at radius 2 is 1.97 bits per heavy atom. The van der Waals surface area contributed by atoms with Crippen molar-refractivity contribution in [2.45, 2.75) is 29.9 Å². The van der Waals surface area contributed by atoms with Crippen molar-refractivity contribution < 1.29 is 22.7 Å². The lowest BCUT2D eigenvalue weighted by Crippen LogP contribution is -2.65. The topological polar surface area (TPSA) is 83.2 Å². The van der Waals surface area contributed by atoms with Gasteiger partial charge in [0.2, 0.25) is 15.7 Å². The van der Waals surface area contributed by atoms with E-state index in [9.17, 15) is 17.9 Å². The van der Waals surface area contributed by atoms with E-state index in [0.717, 1.165) is 6.07 Å². The Morgan fingerprint density at radius 3 is 2.58 bits per heavy atom. The first-order chi connectivity index (χ1) is 15.6. The van der Waals surface area contributed by atoms with Crippen LogP contribution in [0.15, 0.2) is 41.3 Å². The zero-order valence-corrected chi connectivity index (χ0v) is 19.8. The summed E-state index contributed by atoms with van der Waals surface area (Å²) in [5, 5.41) is 13.3. The van der Waals surface area contributed by atoms with Crippen LogP contribution in [0, 0.1) is 17.8 Å². The van der Waals surface area contributed by atoms with Gasteiger partial charge in [0.05, 0.1) is 24.3 Å². The van der Waals surface area contributed by atoms with Crippen molar-refractivity contribution in [2.24, 2.45) is 5.41 Å². The van der Waals surface area contributed by atoms with Crippen molar-refractivity contribution in [2.75, 3.05) is 26.2 Å². The summed E-state index contributed by atoms with van der Waals surface area (Å²) in [5.74, 6) is -0.409. The van der Waals surface area contributed by atoms with E-state index >= 15 is 0 Å². The number of rotatable bonds is 8. The number of sulfonamides is 1. The van der Waals surface area contributed by atoms with E-state index in [-0.39, 0.29) is 53.2 Å². The van der Waals surface area contributed by atoms with Gasteiger partial charge >= 0.3 is 0 Å². The lowest BCUT2D eigenvalue weighted by molar-refractivity contribution is 0.00348. The summed E-state index contributed by atoms with van der Waals surface area (Å²) in [7, 11) is -3.83. The minimum absolute atomic E-state index is 0.0186. The summed E-state index contributed by atoms with van der Waals surface area (Å²) in [6, 6.07) is 8.41. The Bertz CT molecular complexity index is 1190. The van der Waals surface area contributed by atoms with E-state index in [1.165, 1.54) is 34.6 Å². The van der Waals surface area contributed by atoms with Crippen LogP contribution in [0.3, 0.4) is 0 Å². The zero-order valence-electron chi connectivity index (χ0n) is 17.5. The van der Waals surface area contributed by atoms with Crippen molar-refractivity contribution in [3.8, 4) is 5.75 Å². The zero-order chi connectivity index (χ0) is 23.8. The van der Waals surface area contributed by atoms with Gasteiger partial charge in [0.15, 0.2) is 0 Å². The summed E-state index contributed by atoms with van der Waals surface area (Å²) in [5.41, 5.74) is -0.649. The van der Waals surface area contributed by atoms with E-state index in [0.29, 0.717) is 24.4 Å². The molecule has 0 aromatic heterocycles. The molecule has 1 aliphatic heterocycles. The molecule has 176 valence electrons. The van der Waals surface area contributed by atoms with Gasteiger partial charge in [-0.15, -0.1) is 0 Å². The van der Waals surface area contributed by atoms with E-state index in [2.05, 4.69) is 10.2 Å². The smallest absolute Gasteiger partial charge is 0.244 e. The van der Waals surface area contributed by atoms with Gasteiger partial charge in [-0.05, 0) is 43.2 Å². The monoisotopic (exact) mass is 513 g/mol. The second kappa shape index (κ2) is 9.37. The normalized spacial score (nSPS) is 22.2. The minimum Gasteiger partial charge on any atom is -0.493 e. The third kappa shape index (κ3) is 5.11. The molecule has 0 atom stereocenters. The molecule has 7 nitrogen and oxygen atoms in total. The molecule has 4 rings (SSSR count). The second-order valence-corrected chi connectivity index (χ2v) is 11.3. The molecular formula is C22H22Cl2FN3O4S.